The van der Waals surface area contributed by atoms with Gasteiger partial charge in [0.1, 0.15) is 11.8 Å². The lowest BCUT2D eigenvalue weighted by Gasteiger charge is -2.18. The minimum Gasteiger partial charge on any atom is -0.467 e. The quantitative estimate of drug-likeness (QED) is 0.782. The minimum atomic E-state index is -0.423. The third-order valence-electron chi connectivity index (χ3n) is 3.51. The Balaban J connectivity index is 1.73. The zero-order valence-corrected chi connectivity index (χ0v) is 11.7. The highest BCUT2D eigenvalue weighted by Crippen LogP contribution is 2.34. The average Bonchev–Trinajstić information content (AvgIpc) is 3.31. The Bertz CT molecular complexity index is 850. The maximum atomic E-state index is 12.6. The number of anilines is 1. The second-order valence-electron chi connectivity index (χ2n) is 4.91. The van der Waals surface area contributed by atoms with Crippen LogP contribution in [-0.4, -0.2) is 26.9 Å². The van der Waals surface area contributed by atoms with Crippen molar-refractivity contribution in [2.45, 2.75) is 12.5 Å². The van der Waals surface area contributed by atoms with Crippen molar-refractivity contribution < 1.29 is 18.3 Å². The molecule has 1 amide bonds. The van der Waals surface area contributed by atoms with Gasteiger partial charge < -0.3 is 14.6 Å². The molecule has 23 heavy (non-hydrogen) atoms. The first-order chi connectivity index (χ1) is 11.2. The predicted octanol–water partition coefficient (Wildman–Crippen LogP) is 1.83. The lowest BCUT2D eigenvalue weighted by Crippen LogP contribution is -2.26. The Labute approximate surface area is 129 Å². The summed E-state index contributed by atoms with van der Waals surface area (Å²) in [5.41, 5.74) is 6.51. The molecular weight excluding hydrogens is 302 g/mol. The molecule has 1 aliphatic rings. The van der Waals surface area contributed by atoms with Gasteiger partial charge in [0.05, 0.1) is 18.2 Å². The van der Waals surface area contributed by atoms with Crippen molar-refractivity contribution in [2.75, 3.05) is 5.73 Å². The van der Waals surface area contributed by atoms with Gasteiger partial charge >= 0.3 is 5.91 Å². The van der Waals surface area contributed by atoms with Crippen LogP contribution in [0.15, 0.2) is 55.4 Å². The van der Waals surface area contributed by atoms with E-state index in [0.29, 0.717) is 23.6 Å². The highest BCUT2D eigenvalue weighted by Gasteiger charge is 2.37. The molecule has 9 nitrogen and oxygen atoms in total. The number of carbonyl (C=O) groups is 1. The maximum absolute atomic E-state index is 12.6. The standard InChI is InChI=1S/C14H11N5O4/c15-13-12(17-23-18-13)8-7-9(10-3-1-5-21-10)19(16-8)14(20)11-4-2-6-22-11/h1-6,9H,7H2,(H2,15,18). The van der Waals surface area contributed by atoms with E-state index in [4.69, 9.17) is 14.6 Å². The fraction of sp³-hybridized carbons (Fsp3) is 0.143. The number of aromatic nitrogens is 2. The van der Waals surface area contributed by atoms with E-state index in [-0.39, 0.29) is 17.5 Å². The highest BCUT2D eigenvalue weighted by molar-refractivity contribution is 6.05. The van der Waals surface area contributed by atoms with Crippen LogP contribution in [0.3, 0.4) is 0 Å². The van der Waals surface area contributed by atoms with Gasteiger partial charge in [0.25, 0.3) is 0 Å². The molecule has 0 aliphatic carbocycles. The molecule has 0 spiro atoms. The molecule has 0 aromatic carbocycles. The molecule has 0 radical (unpaired) electrons. The molecule has 2 N–H and O–H groups in total. The molecule has 0 saturated heterocycles. The number of carbonyl (C=O) groups excluding carboxylic acids is 1. The molecule has 9 heteroatoms. The molecule has 0 bridgehead atoms. The monoisotopic (exact) mass is 313 g/mol. The number of furan rings is 2. The van der Waals surface area contributed by atoms with Crippen molar-refractivity contribution in [2.24, 2.45) is 5.10 Å². The molecule has 4 rings (SSSR count). The molecular formula is C14H11N5O4. The minimum absolute atomic E-state index is 0.120. The van der Waals surface area contributed by atoms with Crippen LogP contribution in [0.4, 0.5) is 5.82 Å². The molecule has 116 valence electrons. The van der Waals surface area contributed by atoms with Gasteiger partial charge in [-0.15, -0.1) is 0 Å². The van der Waals surface area contributed by atoms with E-state index >= 15 is 0 Å². The number of nitrogens with zero attached hydrogens (tertiary/aromatic N) is 4. The van der Waals surface area contributed by atoms with E-state index in [1.165, 1.54) is 17.5 Å². The lowest BCUT2D eigenvalue weighted by molar-refractivity contribution is 0.0660. The van der Waals surface area contributed by atoms with Crippen LogP contribution in [0.2, 0.25) is 0 Å². The predicted molar refractivity (Wildman–Crippen MR) is 76.2 cm³/mol. The summed E-state index contributed by atoms with van der Waals surface area (Å²) >= 11 is 0. The zero-order valence-electron chi connectivity index (χ0n) is 11.7. The molecule has 1 atom stereocenters. The summed E-state index contributed by atoms with van der Waals surface area (Å²) in [5.74, 6) is 0.507. The van der Waals surface area contributed by atoms with Crippen molar-refractivity contribution in [3.63, 3.8) is 0 Å². The number of rotatable bonds is 3. The van der Waals surface area contributed by atoms with Crippen molar-refractivity contribution >= 4 is 17.4 Å². The van der Waals surface area contributed by atoms with E-state index in [1.54, 1.807) is 24.3 Å². The second-order valence-corrected chi connectivity index (χ2v) is 4.91. The van der Waals surface area contributed by atoms with Crippen molar-refractivity contribution in [1.82, 2.24) is 15.3 Å². The van der Waals surface area contributed by atoms with Gasteiger partial charge in [0, 0.05) is 6.42 Å². The summed E-state index contributed by atoms with van der Waals surface area (Å²) in [6, 6.07) is 6.30. The van der Waals surface area contributed by atoms with Crippen LogP contribution in [0.1, 0.15) is 34.5 Å². The van der Waals surface area contributed by atoms with E-state index in [2.05, 4.69) is 20.0 Å². The second kappa shape index (κ2) is 5.13. The fourth-order valence-electron chi connectivity index (χ4n) is 2.45. The smallest absolute Gasteiger partial charge is 0.310 e. The van der Waals surface area contributed by atoms with Gasteiger partial charge in [-0.1, -0.05) is 0 Å². The summed E-state index contributed by atoms with van der Waals surface area (Å²) in [6.45, 7) is 0. The van der Waals surface area contributed by atoms with Crippen molar-refractivity contribution in [1.29, 1.82) is 0 Å². The molecule has 4 heterocycles. The van der Waals surface area contributed by atoms with E-state index in [9.17, 15) is 4.79 Å². The first kappa shape index (κ1) is 13.3. The van der Waals surface area contributed by atoms with Gasteiger partial charge in [-0.3, -0.25) is 4.79 Å². The number of nitrogen functional groups attached to an aromatic ring is 1. The lowest BCUT2D eigenvalue weighted by atomic mass is 10.1. The van der Waals surface area contributed by atoms with Crippen LogP contribution in [-0.2, 0) is 0 Å². The topological polar surface area (TPSA) is 124 Å². The zero-order chi connectivity index (χ0) is 15.8. The van der Waals surface area contributed by atoms with Gasteiger partial charge in [-0.2, -0.15) is 5.10 Å². The summed E-state index contributed by atoms with van der Waals surface area (Å²) < 4.78 is 15.2. The Morgan fingerprint density at radius 1 is 1.22 bits per heavy atom. The molecule has 1 unspecified atom stereocenters. The van der Waals surface area contributed by atoms with Gasteiger partial charge in [0.2, 0.25) is 0 Å². The molecule has 3 aromatic rings. The van der Waals surface area contributed by atoms with Gasteiger partial charge in [-0.25, -0.2) is 9.64 Å². The molecule has 0 saturated carbocycles. The van der Waals surface area contributed by atoms with E-state index < -0.39 is 6.04 Å². The fourth-order valence-corrected chi connectivity index (χ4v) is 2.45. The van der Waals surface area contributed by atoms with E-state index in [0.717, 1.165) is 0 Å². The van der Waals surface area contributed by atoms with Crippen molar-refractivity contribution in [3.05, 3.63) is 54.0 Å². The summed E-state index contributed by atoms with van der Waals surface area (Å²) in [6.07, 6.45) is 3.34. The normalized spacial score (nSPS) is 17.5. The first-order valence-corrected chi connectivity index (χ1v) is 6.80. The highest BCUT2D eigenvalue weighted by atomic mass is 16.6. The Morgan fingerprint density at radius 2 is 2.04 bits per heavy atom. The average molecular weight is 313 g/mol. The molecule has 3 aromatic heterocycles. The number of hydrogen-bond acceptors (Lipinski definition) is 8. The molecule has 0 fully saturated rings. The van der Waals surface area contributed by atoms with Crippen LogP contribution in [0.25, 0.3) is 0 Å². The SMILES string of the molecule is Nc1nonc1C1=NN(C(=O)c2ccco2)C(c2ccco2)C1. The number of hydrogen-bond donors (Lipinski definition) is 1. The summed E-state index contributed by atoms with van der Waals surface area (Å²) in [5, 5.41) is 12.9. The number of nitrogens with two attached hydrogens (primary N) is 1. The van der Waals surface area contributed by atoms with Gasteiger partial charge in [0.15, 0.2) is 17.3 Å². The largest absolute Gasteiger partial charge is 0.467 e. The van der Waals surface area contributed by atoms with Crippen LogP contribution >= 0.6 is 0 Å². The first-order valence-electron chi connectivity index (χ1n) is 6.80. The maximum Gasteiger partial charge on any atom is 0.310 e. The van der Waals surface area contributed by atoms with E-state index in [1.807, 2.05) is 0 Å². The summed E-state index contributed by atoms with van der Waals surface area (Å²) in [7, 11) is 0. The number of hydrazone groups is 1. The molecule has 1 aliphatic heterocycles. The van der Waals surface area contributed by atoms with Crippen molar-refractivity contribution in [3.8, 4) is 0 Å². The van der Waals surface area contributed by atoms with Crippen LogP contribution < -0.4 is 5.73 Å². The third kappa shape index (κ3) is 2.18. The van der Waals surface area contributed by atoms with Crippen LogP contribution in [0.5, 0.6) is 0 Å². The van der Waals surface area contributed by atoms with Crippen LogP contribution in [0, 0.1) is 0 Å². The summed E-state index contributed by atoms with van der Waals surface area (Å²) in [4.78, 5) is 12.6. The Hall–Kier alpha value is -3.36. The Kier molecular flexibility index (Phi) is 2.97. The third-order valence-corrected chi connectivity index (χ3v) is 3.51. The number of amides is 1. The van der Waals surface area contributed by atoms with Gasteiger partial charge in [-0.05, 0) is 34.6 Å². The Morgan fingerprint density at radius 3 is 2.70 bits per heavy atom.